The van der Waals surface area contributed by atoms with E-state index in [1.165, 1.54) is 135 Å². The highest BCUT2D eigenvalue weighted by molar-refractivity contribution is 5.69. The van der Waals surface area contributed by atoms with Crippen molar-refractivity contribution in [1.82, 2.24) is 0 Å². The Labute approximate surface area is 429 Å². The Morgan fingerprint density at radius 1 is 0.479 bits per heavy atom. The molecule has 7 N–H and O–H groups in total. The summed E-state index contributed by atoms with van der Waals surface area (Å²) in [5.74, 6) is -0.402. The van der Waals surface area contributed by atoms with E-state index in [1.54, 1.807) is 0 Å². The first-order valence-corrected chi connectivity index (χ1v) is 28.6. The zero-order valence-electron chi connectivity index (χ0n) is 44.5. The van der Waals surface area contributed by atoms with Gasteiger partial charge in [0.25, 0.3) is 0 Å². The van der Waals surface area contributed by atoms with Crippen LogP contribution in [0.15, 0.2) is 36.5 Å². The molecule has 0 saturated carbocycles. The van der Waals surface area contributed by atoms with Gasteiger partial charge >= 0.3 is 5.97 Å². The van der Waals surface area contributed by atoms with E-state index in [9.17, 15) is 40.5 Å². The van der Waals surface area contributed by atoms with Crippen LogP contribution in [0.1, 0.15) is 219 Å². The normalized spacial score (nSPS) is 25.5. The molecule has 0 bridgehead atoms. The van der Waals surface area contributed by atoms with Crippen molar-refractivity contribution in [2.75, 3.05) is 33.0 Å². The molecule has 2 fully saturated rings. The highest BCUT2D eigenvalue weighted by Gasteiger charge is 2.47. The molecule has 11 atom stereocenters. The first-order valence-electron chi connectivity index (χ1n) is 28.6. The van der Waals surface area contributed by atoms with Crippen molar-refractivity contribution in [3.63, 3.8) is 0 Å². The molecule has 0 aliphatic carbocycles. The number of allylic oxidation sites excluding steroid dienone is 6. The van der Waals surface area contributed by atoms with Crippen molar-refractivity contribution in [3.05, 3.63) is 36.5 Å². The number of rotatable bonds is 46. The van der Waals surface area contributed by atoms with Gasteiger partial charge in [0.15, 0.2) is 12.6 Å². The predicted molar refractivity (Wildman–Crippen MR) is 280 cm³/mol. The minimum Gasteiger partial charge on any atom is -0.457 e. The lowest BCUT2D eigenvalue weighted by Crippen LogP contribution is -2.61. The summed E-state index contributed by atoms with van der Waals surface area (Å²) in [7, 11) is 0. The Balaban J connectivity index is 1.68. The van der Waals surface area contributed by atoms with Gasteiger partial charge in [0.2, 0.25) is 0 Å². The first kappa shape index (κ1) is 65.3. The van der Waals surface area contributed by atoms with E-state index in [0.29, 0.717) is 13.0 Å². The minimum absolute atomic E-state index is 0.0525. The lowest BCUT2D eigenvalue weighted by Gasteiger charge is -2.42. The summed E-state index contributed by atoms with van der Waals surface area (Å²) < 4.78 is 34.3. The second-order valence-corrected chi connectivity index (χ2v) is 20.1. The fraction of sp³-hybridized carbons (Fsp3) is 0.877. The highest BCUT2D eigenvalue weighted by Crippen LogP contribution is 2.27. The number of carbonyl (C=O) groups excluding carboxylic acids is 1. The van der Waals surface area contributed by atoms with Crippen molar-refractivity contribution >= 4 is 5.97 Å². The Morgan fingerprint density at radius 2 is 0.915 bits per heavy atom. The molecule has 0 aromatic carbocycles. The van der Waals surface area contributed by atoms with Crippen molar-refractivity contribution < 1.29 is 69.0 Å². The van der Waals surface area contributed by atoms with Crippen LogP contribution in [0.3, 0.4) is 0 Å². The second kappa shape index (κ2) is 44.5. The zero-order chi connectivity index (χ0) is 51.6. The van der Waals surface area contributed by atoms with Gasteiger partial charge in [-0.3, -0.25) is 4.79 Å². The summed E-state index contributed by atoms with van der Waals surface area (Å²) in [5.41, 5.74) is 0. The number of unbranched alkanes of at least 4 members (excludes halogenated alkanes) is 26. The smallest absolute Gasteiger partial charge is 0.306 e. The molecule has 0 aromatic heterocycles. The molecular formula is C57H104O14. The maximum Gasteiger partial charge on any atom is 0.306 e. The van der Waals surface area contributed by atoms with E-state index in [2.05, 4.69) is 50.3 Å². The Morgan fingerprint density at radius 3 is 1.42 bits per heavy atom. The van der Waals surface area contributed by atoms with E-state index >= 15 is 0 Å². The standard InChI is InChI=1S/C57H104O14/c1-3-5-7-9-11-13-15-17-18-19-20-21-22-23-24-25-26-27-29-31-33-35-37-39-41-66-43-46(69-49(59)40-38-36-34-32-30-28-16-14-12-10-8-6-4-2)44-67-56-55(65)53(63)51(61)48(71-56)45-68-57-54(64)52(62)50(60)47(42-58)70-57/h6,8,12,14,28,30,46-48,50-58,60-65H,3-5,7,9-11,13,15-27,29,31-45H2,1-2H3/b8-6-,14-12-,30-28-. The average molecular weight is 1010 g/mol. The van der Waals surface area contributed by atoms with Crippen LogP contribution in [0.4, 0.5) is 0 Å². The molecular weight excluding hydrogens is 909 g/mol. The van der Waals surface area contributed by atoms with Crippen LogP contribution in [-0.2, 0) is 33.2 Å². The molecule has 11 unspecified atom stereocenters. The van der Waals surface area contributed by atoms with Gasteiger partial charge in [0.1, 0.15) is 54.9 Å². The lowest BCUT2D eigenvalue weighted by molar-refractivity contribution is -0.332. The second-order valence-electron chi connectivity index (χ2n) is 20.1. The van der Waals surface area contributed by atoms with Crippen LogP contribution >= 0.6 is 0 Å². The Hall–Kier alpha value is -1.79. The third kappa shape index (κ3) is 31.6. The number of aliphatic hydroxyl groups excluding tert-OH is 7. The van der Waals surface area contributed by atoms with Crippen LogP contribution in [-0.4, -0.2) is 142 Å². The Bertz CT molecular complexity index is 1310. The summed E-state index contributed by atoms with van der Waals surface area (Å²) in [6.45, 7) is 3.56. The molecule has 2 saturated heterocycles. The summed E-state index contributed by atoms with van der Waals surface area (Å²) in [6, 6.07) is 0. The monoisotopic (exact) mass is 1010 g/mol. The van der Waals surface area contributed by atoms with Crippen molar-refractivity contribution in [1.29, 1.82) is 0 Å². The molecule has 0 spiro atoms. The maximum absolute atomic E-state index is 13.0. The van der Waals surface area contributed by atoms with E-state index in [4.69, 9.17) is 28.4 Å². The van der Waals surface area contributed by atoms with Gasteiger partial charge in [-0.25, -0.2) is 0 Å². The largest absolute Gasteiger partial charge is 0.457 e. The van der Waals surface area contributed by atoms with Crippen LogP contribution in [0.5, 0.6) is 0 Å². The van der Waals surface area contributed by atoms with Crippen molar-refractivity contribution in [3.8, 4) is 0 Å². The van der Waals surface area contributed by atoms with Gasteiger partial charge in [0, 0.05) is 13.0 Å². The number of carbonyl (C=O) groups is 1. The molecule has 14 heteroatoms. The molecule has 0 radical (unpaired) electrons. The van der Waals surface area contributed by atoms with E-state index in [0.717, 1.165) is 57.8 Å². The van der Waals surface area contributed by atoms with Crippen LogP contribution < -0.4 is 0 Å². The van der Waals surface area contributed by atoms with E-state index in [1.807, 2.05) is 0 Å². The predicted octanol–water partition coefficient (Wildman–Crippen LogP) is 9.75. The van der Waals surface area contributed by atoms with Crippen molar-refractivity contribution in [2.45, 2.75) is 287 Å². The first-order chi connectivity index (χ1) is 34.6. The summed E-state index contributed by atoms with van der Waals surface area (Å²) >= 11 is 0. The van der Waals surface area contributed by atoms with Gasteiger partial charge in [-0.05, 0) is 44.9 Å². The number of hydrogen-bond donors (Lipinski definition) is 7. The van der Waals surface area contributed by atoms with Gasteiger partial charge in [0.05, 0.1) is 26.4 Å². The summed E-state index contributed by atoms with van der Waals surface area (Å²) in [4.78, 5) is 13.0. The molecule has 71 heavy (non-hydrogen) atoms. The van der Waals surface area contributed by atoms with Crippen LogP contribution in [0, 0.1) is 0 Å². The summed E-state index contributed by atoms with van der Waals surface area (Å²) in [5, 5.41) is 72.2. The Kier molecular flexibility index (Phi) is 40.9. The summed E-state index contributed by atoms with van der Waals surface area (Å²) in [6.07, 6.45) is 35.1. The highest BCUT2D eigenvalue weighted by atomic mass is 16.7. The van der Waals surface area contributed by atoms with Gasteiger partial charge in [-0.1, -0.05) is 204 Å². The quantitative estimate of drug-likeness (QED) is 0.0172. The lowest BCUT2D eigenvalue weighted by atomic mass is 9.98. The maximum atomic E-state index is 13.0. The van der Waals surface area contributed by atoms with Gasteiger partial charge in [-0.2, -0.15) is 0 Å². The molecule has 0 amide bonds. The minimum atomic E-state index is -1.71. The molecule has 2 aliphatic heterocycles. The number of esters is 1. The molecule has 416 valence electrons. The fourth-order valence-electron chi connectivity index (χ4n) is 9.07. The van der Waals surface area contributed by atoms with Gasteiger partial charge < -0.3 is 64.2 Å². The topological polar surface area (TPSA) is 214 Å². The third-order valence-corrected chi connectivity index (χ3v) is 13.7. The molecule has 14 nitrogen and oxygen atoms in total. The molecule has 2 aliphatic rings. The average Bonchev–Trinajstić information content (AvgIpc) is 3.37. The fourth-order valence-corrected chi connectivity index (χ4v) is 9.07. The third-order valence-electron chi connectivity index (χ3n) is 13.7. The number of ether oxygens (including phenoxy) is 6. The number of aliphatic hydroxyl groups is 7. The number of hydrogen-bond acceptors (Lipinski definition) is 14. The molecule has 2 heterocycles. The molecule has 2 rings (SSSR count). The van der Waals surface area contributed by atoms with E-state index in [-0.39, 0.29) is 19.6 Å². The van der Waals surface area contributed by atoms with Crippen molar-refractivity contribution in [2.24, 2.45) is 0 Å². The van der Waals surface area contributed by atoms with E-state index < -0.39 is 86.7 Å². The van der Waals surface area contributed by atoms with Gasteiger partial charge in [-0.15, -0.1) is 0 Å². The molecule has 0 aromatic rings. The van der Waals surface area contributed by atoms with Crippen LogP contribution in [0.25, 0.3) is 0 Å². The SMILES string of the molecule is CC/C=C\C/C=C\C/C=C\CCCCCC(=O)OC(COCCCCCCCCCCCCCCCCCCCCCCCCCC)COC1OC(COC2OC(CO)C(O)C(O)C2O)C(O)C(O)C1O. The zero-order valence-corrected chi connectivity index (χ0v) is 44.5. The van der Waals surface area contributed by atoms with Crippen LogP contribution in [0.2, 0.25) is 0 Å².